The third-order valence-electron chi connectivity index (χ3n) is 3.55. The standard InChI is InChI=1S/C17H17N3/c1-4-5-9-17-15(11-13(12-18)19-2)14-8-6-7-10-16(14)20(17)3/h6-8,10-11H,4-5,9H2,1,3H3/b13-11-. The number of allylic oxidation sites excluding steroid dienone is 1. The molecule has 0 fully saturated rings. The Bertz CT molecular complexity index is 720. The highest BCUT2D eigenvalue weighted by molar-refractivity contribution is 5.92. The molecule has 1 heterocycles. The lowest BCUT2D eigenvalue weighted by atomic mass is 10.1. The SMILES string of the molecule is [C-]#[N+]/C(C#N)=C\c1c(CCCC)n(C)c2ccccc12. The minimum absolute atomic E-state index is 0.138. The summed E-state index contributed by atoms with van der Waals surface area (Å²) in [5, 5.41) is 10.1. The Kier molecular flexibility index (Phi) is 4.23. The Balaban J connectivity index is 2.70. The maximum absolute atomic E-state index is 8.99. The second-order valence-corrected chi connectivity index (χ2v) is 4.79. The summed E-state index contributed by atoms with van der Waals surface area (Å²) in [6.45, 7) is 9.22. The molecule has 0 unspecified atom stereocenters. The normalized spacial score (nSPS) is 11.3. The van der Waals surface area contributed by atoms with Crippen LogP contribution in [0.5, 0.6) is 0 Å². The lowest BCUT2D eigenvalue weighted by molar-refractivity contribution is 0.741. The number of fused-ring (bicyclic) bond motifs is 1. The minimum Gasteiger partial charge on any atom is -0.347 e. The molecule has 0 bridgehead atoms. The minimum atomic E-state index is 0.138. The first kappa shape index (κ1) is 13.9. The molecule has 0 aliphatic rings. The number of aromatic nitrogens is 1. The van der Waals surface area contributed by atoms with Gasteiger partial charge in [-0.05, 0) is 30.5 Å². The van der Waals surface area contributed by atoms with Crippen molar-refractivity contribution >= 4 is 17.0 Å². The van der Waals surface area contributed by atoms with Crippen molar-refractivity contribution in [3.05, 3.63) is 52.6 Å². The van der Waals surface area contributed by atoms with Crippen LogP contribution in [-0.2, 0) is 13.5 Å². The Labute approximate surface area is 119 Å². The Morgan fingerprint density at radius 3 is 2.85 bits per heavy atom. The smallest absolute Gasteiger partial charge is 0.262 e. The first-order valence-electron chi connectivity index (χ1n) is 6.78. The molecule has 20 heavy (non-hydrogen) atoms. The van der Waals surface area contributed by atoms with Crippen LogP contribution in [0.1, 0.15) is 31.0 Å². The highest BCUT2D eigenvalue weighted by atomic mass is 14.9. The zero-order chi connectivity index (χ0) is 14.5. The topological polar surface area (TPSA) is 33.1 Å². The van der Waals surface area contributed by atoms with E-state index in [4.69, 9.17) is 11.8 Å². The van der Waals surface area contributed by atoms with Gasteiger partial charge in [-0.3, -0.25) is 0 Å². The number of nitriles is 1. The summed E-state index contributed by atoms with van der Waals surface area (Å²) in [5.74, 6) is 0. The van der Waals surface area contributed by atoms with Gasteiger partial charge < -0.3 is 4.57 Å². The van der Waals surface area contributed by atoms with E-state index >= 15 is 0 Å². The first-order chi connectivity index (χ1) is 9.72. The van der Waals surface area contributed by atoms with Crippen LogP contribution >= 0.6 is 0 Å². The maximum Gasteiger partial charge on any atom is 0.262 e. The van der Waals surface area contributed by atoms with Crippen LogP contribution < -0.4 is 0 Å². The average molecular weight is 263 g/mol. The van der Waals surface area contributed by atoms with Gasteiger partial charge in [-0.1, -0.05) is 31.5 Å². The van der Waals surface area contributed by atoms with E-state index in [0.717, 1.165) is 35.7 Å². The Morgan fingerprint density at radius 2 is 2.20 bits per heavy atom. The van der Waals surface area contributed by atoms with Crippen LogP contribution in [0, 0.1) is 17.9 Å². The van der Waals surface area contributed by atoms with Gasteiger partial charge in [-0.15, -0.1) is 0 Å². The highest BCUT2D eigenvalue weighted by Gasteiger charge is 2.13. The lowest BCUT2D eigenvalue weighted by Crippen LogP contribution is -1.97. The van der Waals surface area contributed by atoms with E-state index < -0.39 is 0 Å². The summed E-state index contributed by atoms with van der Waals surface area (Å²) < 4.78 is 2.18. The zero-order valence-corrected chi connectivity index (χ0v) is 11.8. The van der Waals surface area contributed by atoms with E-state index in [0.29, 0.717) is 0 Å². The molecule has 0 saturated heterocycles. The highest BCUT2D eigenvalue weighted by Crippen LogP contribution is 2.28. The largest absolute Gasteiger partial charge is 0.347 e. The molecule has 0 amide bonds. The van der Waals surface area contributed by atoms with Crippen molar-refractivity contribution in [3.8, 4) is 6.07 Å². The Hall–Kier alpha value is -2.52. The van der Waals surface area contributed by atoms with Gasteiger partial charge in [0, 0.05) is 23.6 Å². The van der Waals surface area contributed by atoms with Crippen LogP contribution in [0.4, 0.5) is 0 Å². The van der Waals surface area contributed by atoms with Crippen LogP contribution in [0.2, 0.25) is 0 Å². The zero-order valence-electron chi connectivity index (χ0n) is 11.8. The van der Waals surface area contributed by atoms with Gasteiger partial charge in [-0.2, -0.15) is 0 Å². The quantitative estimate of drug-likeness (QED) is 0.598. The third-order valence-corrected chi connectivity index (χ3v) is 3.55. The molecular formula is C17H17N3. The van der Waals surface area contributed by atoms with Crippen LogP contribution in [0.25, 0.3) is 21.8 Å². The predicted octanol–water partition coefficient (Wildman–Crippen LogP) is 4.30. The van der Waals surface area contributed by atoms with Gasteiger partial charge in [-0.25, -0.2) is 10.1 Å². The summed E-state index contributed by atoms with van der Waals surface area (Å²) in [6, 6.07) is 10.1. The van der Waals surface area contributed by atoms with Crippen molar-refractivity contribution in [1.29, 1.82) is 5.26 Å². The summed E-state index contributed by atoms with van der Waals surface area (Å²) in [6.07, 6.45) is 4.91. The molecule has 1 aromatic carbocycles. The van der Waals surface area contributed by atoms with E-state index in [2.05, 4.69) is 35.5 Å². The summed E-state index contributed by atoms with van der Waals surface area (Å²) >= 11 is 0. The molecule has 0 saturated carbocycles. The number of benzene rings is 1. The molecule has 0 aliphatic carbocycles. The number of aryl methyl sites for hydroxylation is 1. The van der Waals surface area contributed by atoms with Crippen LogP contribution in [0.15, 0.2) is 30.0 Å². The second-order valence-electron chi connectivity index (χ2n) is 4.79. The molecule has 1 aromatic heterocycles. The average Bonchev–Trinajstić information content (AvgIpc) is 2.75. The summed E-state index contributed by atoms with van der Waals surface area (Å²) in [5.41, 5.74) is 3.50. The Morgan fingerprint density at radius 1 is 1.45 bits per heavy atom. The fourth-order valence-electron chi connectivity index (χ4n) is 2.51. The molecule has 0 N–H and O–H groups in total. The van der Waals surface area contributed by atoms with Crippen LogP contribution in [-0.4, -0.2) is 4.57 Å². The van der Waals surface area contributed by atoms with Crippen molar-refractivity contribution in [1.82, 2.24) is 4.57 Å². The van der Waals surface area contributed by atoms with Gasteiger partial charge >= 0.3 is 0 Å². The molecular weight excluding hydrogens is 246 g/mol. The molecule has 2 aromatic rings. The maximum atomic E-state index is 8.99. The van der Waals surface area contributed by atoms with E-state index in [1.54, 1.807) is 6.08 Å². The third kappa shape index (κ3) is 2.44. The van der Waals surface area contributed by atoms with Gasteiger partial charge in [0.15, 0.2) is 0 Å². The summed E-state index contributed by atoms with van der Waals surface area (Å²) in [7, 11) is 2.05. The molecule has 100 valence electrons. The van der Waals surface area contributed by atoms with Crippen molar-refractivity contribution in [2.45, 2.75) is 26.2 Å². The fraction of sp³-hybridized carbons (Fsp3) is 0.294. The van der Waals surface area contributed by atoms with Gasteiger partial charge in [0.25, 0.3) is 5.70 Å². The lowest BCUT2D eigenvalue weighted by Gasteiger charge is -2.05. The molecule has 0 atom stereocenters. The van der Waals surface area contributed by atoms with E-state index in [9.17, 15) is 0 Å². The van der Waals surface area contributed by atoms with Crippen molar-refractivity contribution in [2.24, 2.45) is 7.05 Å². The molecule has 3 heteroatoms. The predicted molar refractivity (Wildman–Crippen MR) is 81.7 cm³/mol. The molecule has 0 radical (unpaired) electrons. The molecule has 0 aliphatic heterocycles. The van der Waals surface area contributed by atoms with Crippen molar-refractivity contribution in [2.75, 3.05) is 0 Å². The van der Waals surface area contributed by atoms with Gasteiger partial charge in [0.05, 0.1) is 12.6 Å². The number of hydrogen-bond donors (Lipinski definition) is 0. The number of rotatable bonds is 4. The number of hydrogen-bond acceptors (Lipinski definition) is 1. The second kappa shape index (κ2) is 6.08. The molecule has 2 rings (SSSR count). The molecule has 3 nitrogen and oxygen atoms in total. The van der Waals surface area contributed by atoms with Crippen molar-refractivity contribution in [3.63, 3.8) is 0 Å². The molecule has 0 spiro atoms. The van der Waals surface area contributed by atoms with E-state index in [1.807, 2.05) is 18.2 Å². The monoisotopic (exact) mass is 263 g/mol. The van der Waals surface area contributed by atoms with E-state index in [1.165, 1.54) is 5.69 Å². The number of para-hydroxylation sites is 1. The van der Waals surface area contributed by atoms with Crippen LogP contribution in [0.3, 0.4) is 0 Å². The van der Waals surface area contributed by atoms with E-state index in [-0.39, 0.29) is 5.70 Å². The number of nitrogens with zero attached hydrogens (tertiary/aromatic N) is 3. The van der Waals surface area contributed by atoms with Gasteiger partial charge in [0.1, 0.15) is 0 Å². The first-order valence-corrected chi connectivity index (χ1v) is 6.78. The fourth-order valence-corrected chi connectivity index (χ4v) is 2.51. The number of unbranched alkanes of at least 4 members (excludes halogenated alkanes) is 1. The summed E-state index contributed by atoms with van der Waals surface area (Å²) in [4.78, 5) is 3.28. The van der Waals surface area contributed by atoms with Gasteiger partial charge in [0.2, 0.25) is 0 Å². The van der Waals surface area contributed by atoms with Crippen molar-refractivity contribution < 1.29 is 0 Å².